The van der Waals surface area contributed by atoms with Crippen LogP contribution in [0.15, 0.2) is 99.9 Å². The summed E-state index contributed by atoms with van der Waals surface area (Å²) in [5.41, 5.74) is 6.51. The first-order valence-electron chi connectivity index (χ1n) is 12.4. The molecule has 0 saturated heterocycles. The van der Waals surface area contributed by atoms with Gasteiger partial charge in [-0.15, -0.1) is 0 Å². The van der Waals surface area contributed by atoms with Gasteiger partial charge < -0.3 is 20.3 Å². The number of methoxy groups -OCH3 is 2. The fourth-order valence-electron chi connectivity index (χ4n) is 4.85. The molecule has 1 heterocycles. The quantitative estimate of drug-likeness (QED) is 0.273. The van der Waals surface area contributed by atoms with Gasteiger partial charge in [0.2, 0.25) is 0 Å². The highest BCUT2D eigenvalue weighted by atomic mass is 79.9. The second-order valence-electron chi connectivity index (χ2n) is 9.06. The van der Waals surface area contributed by atoms with Crippen LogP contribution < -0.4 is 10.6 Å². The van der Waals surface area contributed by atoms with E-state index in [1.54, 1.807) is 54.6 Å². The Labute approximate surface area is 249 Å². The normalized spacial score (nSPS) is 14.7. The number of para-hydroxylation sites is 1. The highest BCUT2D eigenvalue weighted by Gasteiger charge is 2.44. The molecule has 1 atom stereocenters. The number of hydrogen-bond acceptors (Lipinski definition) is 9. The summed E-state index contributed by atoms with van der Waals surface area (Å²) in [4.78, 5) is 53.8. The van der Waals surface area contributed by atoms with E-state index in [1.165, 1.54) is 18.2 Å². The lowest BCUT2D eigenvalue weighted by Gasteiger charge is -2.37. The molecule has 0 radical (unpaired) electrons. The monoisotopic (exact) mass is 629 g/mol. The number of nitrogens with two attached hydrogens (primary N) is 1. The van der Waals surface area contributed by atoms with Crippen LogP contribution in [0.4, 0.5) is 5.69 Å². The molecule has 42 heavy (non-hydrogen) atoms. The van der Waals surface area contributed by atoms with Crippen molar-refractivity contribution in [2.24, 2.45) is 5.73 Å². The van der Waals surface area contributed by atoms with E-state index >= 15 is 0 Å². The first-order valence-corrected chi connectivity index (χ1v) is 13.2. The molecule has 11 heteroatoms. The largest absolute Gasteiger partial charge is 0.481 e. The molecule has 0 fully saturated rings. The number of aliphatic carboxylic acids is 1. The molecule has 3 aromatic carbocycles. The summed E-state index contributed by atoms with van der Waals surface area (Å²) in [6.07, 6.45) is -0.577. The van der Waals surface area contributed by atoms with Gasteiger partial charge in [-0.3, -0.25) is 14.5 Å². The number of benzene rings is 3. The predicted octanol–water partition coefficient (Wildman–Crippen LogP) is 4.20. The average Bonchev–Trinajstić information content (AvgIpc) is 3.00. The third-order valence-corrected chi connectivity index (χ3v) is 7.17. The highest BCUT2D eigenvalue weighted by molar-refractivity contribution is 9.10. The fourth-order valence-corrected chi connectivity index (χ4v) is 5.11. The molecule has 0 bridgehead atoms. The third kappa shape index (κ3) is 5.53. The molecule has 0 amide bonds. The van der Waals surface area contributed by atoms with Crippen molar-refractivity contribution < 1.29 is 33.8 Å². The van der Waals surface area contributed by atoms with Crippen molar-refractivity contribution in [1.82, 2.24) is 0 Å². The number of carboxylic acids is 1. The molecule has 3 N–H and O–H groups in total. The van der Waals surface area contributed by atoms with E-state index in [0.717, 1.165) is 23.6 Å². The number of carbonyl (C=O) groups excluding carboxylic acids is 3. The van der Waals surface area contributed by atoms with Crippen LogP contribution in [0.5, 0.6) is 0 Å². The van der Waals surface area contributed by atoms with Crippen LogP contribution in [0.1, 0.15) is 33.0 Å². The number of rotatable bonds is 8. The van der Waals surface area contributed by atoms with Crippen molar-refractivity contribution >= 4 is 45.3 Å². The van der Waals surface area contributed by atoms with Crippen LogP contribution >= 0.6 is 15.9 Å². The van der Waals surface area contributed by atoms with E-state index in [9.17, 15) is 29.5 Å². The molecule has 1 aliphatic rings. The second-order valence-corrected chi connectivity index (χ2v) is 9.97. The fraction of sp³-hybridized carbons (Fsp3) is 0.129. The molecule has 1 aliphatic heterocycles. The summed E-state index contributed by atoms with van der Waals surface area (Å²) in [7, 11) is 2.21. The van der Waals surface area contributed by atoms with E-state index in [4.69, 9.17) is 15.2 Å². The van der Waals surface area contributed by atoms with E-state index in [0.29, 0.717) is 5.56 Å². The van der Waals surface area contributed by atoms with Gasteiger partial charge in [-0.25, -0.2) is 9.59 Å². The predicted molar refractivity (Wildman–Crippen MR) is 155 cm³/mol. The summed E-state index contributed by atoms with van der Waals surface area (Å²) in [5.74, 6) is -5.16. The van der Waals surface area contributed by atoms with Crippen LogP contribution in [0.25, 0.3) is 0 Å². The molecule has 10 nitrogen and oxygen atoms in total. The van der Waals surface area contributed by atoms with Crippen molar-refractivity contribution in [2.75, 3.05) is 19.1 Å². The molecule has 0 spiro atoms. The Morgan fingerprint density at radius 2 is 1.60 bits per heavy atom. The maximum Gasteiger partial charge on any atom is 0.355 e. The Kier molecular flexibility index (Phi) is 8.88. The minimum atomic E-state index is -1.23. The van der Waals surface area contributed by atoms with Crippen LogP contribution in [0.2, 0.25) is 0 Å². The number of esters is 2. The van der Waals surface area contributed by atoms with Gasteiger partial charge in [0.1, 0.15) is 11.5 Å². The van der Waals surface area contributed by atoms with Crippen molar-refractivity contribution in [1.29, 1.82) is 5.26 Å². The van der Waals surface area contributed by atoms with E-state index in [2.05, 4.69) is 15.9 Å². The first kappa shape index (κ1) is 29.8. The van der Waals surface area contributed by atoms with Gasteiger partial charge in [0, 0.05) is 15.6 Å². The van der Waals surface area contributed by atoms with Crippen LogP contribution in [-0.2, 0) is 30.3 Å². The van der Waals surface area contributed by atoms with Crippen molar-refractivity contribution in [3.8, 4) is 6.07 Å². The van der Waals surface area contributed by atoms with Gasteiger partial charge in [-0.2, -0.15) is 5.26 Å². The number of hydrogen-bond donors (Lipinski definition) is 2. The van der Waals surface area contributed by atoms with Gasteiger partial charge in [-0.1, -0.05) is 58.4 Å². The number of nitrogens with zero attached hydrogens (tertiary/aromatic N) is 2. The number of nitriles is 1. The highest BCUT2D eigenvalue weighted by Crippen LogP contribution is 2.45. The summed E-state index contributed by atoms with van der Waals surface area (Å²) in [6.45, 7) is 0. The second kappa shape index (κ2) is 12.5. The Morgan fingerprint density at radius 3 is 2.17 bits per heavy atom. The van der Waals surface area contributed by atoms with E-state index < -0.39 is 41.7 Å². The van der Waals surface area contributed by atoms with Gasteiger partial charge >= 0.3 is 17.9 Å². The topological polar surface area (TPSA) is 160 Å². The standard InChI is InChI=1S/C31H24BrN3O7/c1-41-30(39)25-24(17-7-4-3-5-8-17)22(16-33)29(34)35(27(25)31(40)42-2)26-19(15-23(36)37)9-6-10-21(26)28(38)18-11-13-20(32)14-12-18/h3-14,24H,15,34H2,1-2H3,(H,36,37). The van der Waals surface area contributed by atoms with Crippen molar-refractivity contribution in [3.63, 3.8) is 0 Å². The molecule has 0 aromatic heterocycles. The average molecular weight is 630 g/mol. The van der Waals surface area contributed by atoms with Gasteiger partial charge in [0.15, 0.2) is 5.78 Å². The molecule has 0 aliphatic carbocycles. The lowest BCUT2D eigenvalue weighted by molar-refractivity contribution is -0.139. The summed E-state index contributed by atoms with van der Waals surface area (Å²) >= 11 is 3.33. The van der Waals surface area contributed by atoms with Gasteiger partial charge in [0.05, 0.1) is 49.5 Å². The number of carbonyl (C=O) groups is 4. The smallest absolute Gasteiger partial charge is 0.355 e. The molecule has 3 aromatic rings. The van der Waals surface area contributed by atoms with Gasteiger partial charge in [0.25, 0.3) is 0 Å². The lowest BCUT2D eigenvalue weighted by Crippen LogP contribution is -2.42. The summed E-state index contributed by atoms with van der Waals surface area (Å²) in [5, 5.41) is 20.1. The minimum Gasteiger partial charge on any atom is -0.481 e. The first-order chi connectivity index (χ1) is 20.1. The molecular formula is C31H24BrN3O7. The summed E-state index contributed by atoms with van der Waals surface area (Å²) < 4.78 is 10.9. The van der Waals surface area contributed by atoms with Crippen LogP contribution in [0, 0.1) is 11.3 Å². The maximum atomic E-state index is 13.9. The van der Waals surface area contributed by atoms with Crippen molar-refractivity contribution in [2.45, 2.75) is 12.3 Å². The Bertz CT molecular complexity index is 1690. The zero-order chi connectivity index (χ0) is 30.6. The third-order valence-electron chi connectivity index (χ3n) is 6.65. The van der Waals surface area contributed by atoms with E-state index in [1.807, 2.05) is 6.07 Å². The molecule has 1 unspecified atom stereocenters. The van der Waals surface area contributed by atoms with Crippen LogP contribution in [0.3, 0.4) is 0 Å². The molecule has 0 saturated carbocycles. The molecular weight excluding hydrogens is 606 g/mol. The molecule has 4 rings (SSSR count). The number of allylic oxidation sites excluding steroid dienone is 1. The van der Waals surface area contributed by atoms with E-state index in [-0.39, 0.29) is 39.3 Å². The SMILES string of the molecule is COC(=O)C1=C(C(=O)OC)N(c2c(CC(=O)O)cccc2C(=O)c2ccc(Br)cc2)C(N)=C(C#N)C1c1ccccc1. The minimum absolute atomic E-state index is 0.0277. The number of ketones is 1. The number of halogens is 1. The van der Waals surface area contributed by atoms with Crippen LogP contribution in [-0.4, -0.2) is 43.0 Å². The zero-order valence-electron chi connectivity index (χ0n) is 22.5. The molecule has 212 valence electrons. The Hall–Kier alpha value is -5.21. The Balaban J connectivity index is 2.14. The lowest BCUT2D eigenvalue weighted by atomic mass is 9.80. The number of ether oxygens (including phenoxy) is 2. The van der Waals surface area contributed by atoms with Gasteiger partial charge in [-0.05, 0) is 41.5 Å². The number of carboxylic acid groups (broad SMARTS) is 1. The summed E-state index contributed by atoms with van der Waals surface area (Å²) in [6, 6.07) is 21.3. The zero-order valence-corrected chi connectivity index (χ0v) is 24.0. The number of anilines is 1. The maximum absolute atomic E-state index is 13.9. The Morgan fingerprint density at radius 1 is 0.952 bits per heavy atom. The van der Waals surface area contributed by atoms with Crippen molar-refractivity contribution in [3.05, 3.63) is 122 Å².